The predicted molar refractivity (Wildman–Crippen MR) is 112 cm³/mol. The zero-order valence-corrected chi connectivity index (χ0v) is 17.1. The van der Waals surface area contributed by atoms with E-state index in [4.69, 9.17) is 4.74 Å². The summed E-state index contributed by atoms with van der Waals surface area (Å²) in [6, 6.07) is 12.9. The number of ether oxygens (including phenoxy) is 1. The van der Waals surface area contributed by atoms with Crippen LogP contribution in [0.3, 0.4) is 0 Å². The van der Waals surface area contributed by atoms with Crippen LogP contribution in [-0.2, 0) is 16.4 Å². The molecule has 0 saturated heterocycles. The van der Waals surface area contributed by atoms with E-state index in [1.54, 1.807) is 12.1 Å². The van der Waals surface area contributed by atoms with Gasteiger partial charge in [0.2, 0.25) is 10.0 Å². The summed E-state index contributed by atoms with van der Waals surface area (Å²) in [4.78, 5) is 12.3. The summed E-state index contributed by atoms with van der Waals surface area (Å²) >= 11 is 0. The van der Waals surface area contributed by atoms with E-state index in [-0.39, 0.29) is 5.78 Å². The number of benzene rings is 2. The Morgan fingerprint density at radius 1 is 1.18 bits per heavy atom. The van der Waals surface area contributed by atoms with E-state index < -0.39 is 10.0 Å². The third-order valence-electron chi connectivity index (χ3n) is 4.66. The van der Waals surface area contributed by atoms with Crippen LogP contribution in [0.5, 0.6) is 5.75 Å². The van der Waals surface area contributed by atoms with Crippen molar-refractivity contribution in [2.24, 2.45) is 0 Å². The highest BCUT2D eigenvalue weighted by atomic mass is 32.2. The normalized spacial score (nSPS) is 13.3. The maximum atomic E-state index is 12.3. The van der Waals surface area contributed by atoms with E-state index in [2.05, 4.69) is 5.32 Å². The van der Waals surface area contributed by atoms with E-state index in [0.29, 0.717) is 38.1 Å². The topological polar surface area (TPSA) is 75.7 Å². The lowest BCUT2D eigenvalue weighted by atomic mass is 10.1. The number of anilines is 2. The number of hydrogen-bond acceptors (Lipinski definition) is 5. The van der Waals surface area contributed by atoms with Gasteiger partial charge in [-0.05, 0) is 60.9 Å². The minimum Gasteiger partial charge on any atom is -0.494 e. The van der Waals surface area contributed by atoms with Crippen molar-refractivity contribution >= 4 is 27.2 Å². The van der Waals surface area contributed by atoms with E-state index in [1.807, 2.05) is 37.3 Å². The highest BCUT2D eigenvalue weighted by Gasteiger charge is 2.26. The fourth-order valence-corrected chi connectivity index (χ4v) is 4.21. The molecule has 0 aromatic heterocycles. The fraction of sp³-hybridized carbons (Fsp3) is 0.381. The first-order chi connectivity index (χ1) is 13.4. The fourth-order valence-electron chi connectivity index (χ4n) is 3.25. The molecule has 0 fully saturated rings. The minimum absolute atomic E-state index is 0.0685. The Labute approximate surface area is 166 Å². The largest absolute Gasteiger partial charge is 0.494 e. The van der Waals surface area contributed by atoms with Crippen LogP contribution in [0.15, 0.2) is 42.5 Å². The van der Waals surface area contributed by atoms with Crippen molar-refractivity contribution < 1.29 is 17.9 Å². The van der Waals surface area contributed by atoms with E-state index in [9.17, 15) is 13.2 Å². The van der Waals surface area contributed by atoms with Crippen LogP contribution in [-0.4, -0.2) is 40.2 Å². The Bertz CT molecular complexity index is 939. The Balaban J connectivity index is 1.53. The number of carbonyl (C=O) groups excluding carboxylic acids is 1. The highest BCUT2D eigenvalue weighted by molar-refractivity contribution is 7.92. The van der Waals surface area contributed by atoms with Gasteiger partial charge in [-0.3, -0.25) is 9.10 Å². The van der Waals surface area contributed by atoms with Gasteiger partial charge in [0.1, 0.15) is 5.75 Å². The van der Waals surface area contributed by atoms with Crippen molar-refractivity contribution in [3.05, 3.63) is 53.6 Å². The van der Waals surface area contributed by atoms with Crippen molar-refractivity contribution in [3.63, 3.8) is 0 Å². The minimum atomic E-state index is -3.24. The molecule has 7 heteroatoms. The van der Waals surface area contributed by atoms with Gasteiger partial charge in [0.15, 0.2) is 5.78 Å². The molecule has 0 amide bonds. The average molecular weight is 403 g/mol. The van der Waals surface area contributed by atoms with Gasteiger partial charge in [-0.15, -0.1) is 0 Å². The zero-order valence-electron chi connectivity index (χ0n) is 16.3. The Morgan fingerprint density at radius 3 is 2.61 bits per heavy atom. The molecule has 0 bridgehead atoms. The van der Waals surface area contributed by atoms with E-state index in [1.165, 1.54) is 10.6 Å². The van der Waals surface area contributed by atoms with Crippen LogP contribution < -0.4 is 14.4 Å². The Hall–Kier alpha value is -2.54. The van der Waals surface area contributed by atoms with Crippen LogP contribution in [0, 0.1) is 0 Å². The van der Waals surface area contributed by atoms with Gasteiger partial charge in [0.05, 0.1) is 18.6 Å². The Morgan fingerprint density at radius 2 is 1.93 bits per heavy atom. The smallest absolute Gasteiger partial charge is 0.232 e. The lowest BCUT2D eigenvalue weighted by Crippen LogP contribution is -2.27. The molecule has 6 nitrogen and oxygen atoms in total. The van der Waals surface area contributed by atoms with Gasteiger partial charge < -0.3 is 10.1 Å². The van der Waals surface area contributed by atoms with Gasteiger partial charge in [-0.25, -0.2) is 8.42 Å². The lowest BCUT2D eigenvalue weighted by molar-refractivity contribution is 0.0986. The molecule has 0 aliphatic carbocycles. The number of sulfonamides is 1. The monoisotopic (exact) mass is 402 g/mol. The molecule has 0 saturated carbocycles. The van der Waals surface area contributed by atoms with Gasteiger partial charge in [0, 0.05) is 30.8 Å². The molecular formula is C21H26N2O4S. The molecule has 1 aliphatic heterocycles. The summed E-state index contributed by atoms with van der Waals surface area (Å²) in [7, 11) is -3.24. The number of hydrogen-bond donors (Lipinski definition) is 1. The second-order valence-electron chi connectivity index (χ2n) is 6.90. The number of ketones is 1. The highest BCUT2D eigenvalue weighted by Crippen LogP contribution is 2.32. The number of rotatable bonds is 9. The molecule has 0 radical (unpaired) electrons. The first-order valence-corrected chi connectivity index (χ1v) is 11.3. The number of Topliss-reactive ketones (excluding diaryl/α,β-unsaturated/α-hetero) is 1. The van der Waals surface area contributed by atoms with E-state index >= 15 is 0 Å². The molecule has 3 rings (SSSR count). The second-order valence-corrected chi connectivity index (χ2v) is 8.81. The maximum absolute atomic E-state index is 12.3. The summed E-state index contributed by atoms with van der Waals surface area (Å²) < 4.78 is 30.6. The van der Waals surface area contributed by atoms with Crippen molar-refractivity contribution in [1.29, 1.82) is 0 Å². The third kappa shape index (κ3) is 4.84. The van der Waals surface area contributed by atoms with Crippen LogP contribution in [0.1, 0.15) is 35.7 Å². The van der Waals surface area contributed by atoms with Crippen LogP contribution in [0.2, 0.25) is 0 Å². The maximum Gasteiger partial charge on any atom is 0.232 e. The zero-order chi connectivity index (χ0) is 20.1. The lowest BCUT2D eigenvalue weighted by Gasteiger charge is -2.16. The van der Waals surface area contributed by atoms with Gasteiger partial charge in [-0.2, -0.15) is 0 Å². The standard InChI is InChI=1S/C21H26N2O4S/c1-3-14-27-19-7-4-16(5-8-19)21(24)10-12-22-18-6-9-20-17(15-18)11-13-23(20)28(2,25)26/h4-9,15,22H,3,10-14H2,1-2H3. The third-order valence-corrected chi connectivity index (χ3v) is 5.84. The number of nitrogens with zero attached hydrogens (tertiary/aromatic N) is 1. The van der Waals surface area contributed by atoms with Crippen molar-refractivity contribution in [3.8, 4) is 5.75 Å². The SMILES string of the molecule is CCCOc1ccc(C(=O)CCNc2ccc3c(c2)CCN3S(C)(=O)=O)cc1. The summed E-state index contributed by atoms with van der Waals surface area (Å²) in [5.74, 6) is 0.844. The second kappa shape index (κ2) is 8.65. The van der Waals surface area contributed by atoms with Crippen molar-refractivity contribution in [2.45, 2.75) is 26.2 Å². The first kappa shape index (κ1) is 20.2. The van der Waals surface area contributed by atoms with Crippen LogP contribution >= 0.6 is 0 Å². The molecular weight excluding hydrogens is 376 g/mol. The predicted octanol–water partition coefficient (Wildman–Crippen LogP) is 3.48. The molecule has 2 aromatic carbocycles. The Kier molecular flexibility index (Phi) is 6.24. The summed E-state index contributed by atoms with van der Waals surface area (Å²) in [5.41, 5.74) is 3.31. The summed E-state index contributed by atoms with van der Waals surface area (Å²) in [5, 5.41) is 3.25. The first-order valence-electron chi connectivity index (χ1n) is 9.49. The van der Waals surface area contributed by atoms with Crippen LogP contribution in [0.4, 0.5) is 11.4 Å². The molecule has 28 heavy (non-hydrogen) atoms. The number of nitrogens with one attached hydrogen (secondary N) is 1. The molecule has 0 atom stereocenters. The molecule has 0 spiro atoms. The van der Waals surface area contributed by atoms with Gasteiger partial charge >= 0.3 is 0 Å². The molecule has 1 N–H and O–H groups in total. The molecule has 2 aromatic rings. The van der Waals surface area contributed by atoms with Gasteiger partial charge in [-0.1, -0.05) is 6.92 Å². The number of carbonyl (C=O) groups is 1. The van der Waals surface area contributed by atoms with Gasteiger partial charge in [0.25, 0.3) is 0 Å². The summed E-state index contributed by atoms with van der Waals surface area (Å²) in [6.45, 7) is 3.71. The summed E-state index contributed by atoms with van der Waals surface area (Å²) in [6.07, 6.45) is 3.24. The quantitative estimate of drug-likeness (QED) is 0.650. The van der Waals surface area contributed by atoms with E-state index in [0.717, 1.165) is 29.1 Å². The molecule has 150 valence electrons. The number of fused-ring (bicyclic) bond motifs is 1. The van der Waals surface area contributed by atoms with Crippen molar-refractivity contribution in [2.75, 3.05) is 35.6 Å². The van der Waals surface area contributed by atoms with Crippen molar-refractivity contribution in [1.82, 2.24) is 0 Å². The molecule has 1 aliphatic rings. The molecule has 1 heterocycles. The molecule has 0 unspecified atom stereocenters. The van der Waals surface area contributed by atoms with Crippen LogP contribution in [0.25, 0.3) is 0 Å². The average Bonchev–Trinajstić information content (AvgIpc) is 3.10.